The van der Waals surface area contributed by atoms with Gasteiger partial charge >= 0.3 is 0 Å². The molecule has 1 heterocycles. The Bertz CT molecular complexity index is 1130. The molecular formula is C24H29N3O5S. The third kappa shape index (κ3) is 5.24. The summed E-state index contributed by atoms with van der Waals surface area (Å²) in [4.78, 5) is 40.3. The van der Waals surface area contributed by atoms with Crippen LogP contribution in [0, 0.1) is 0 Å². The maximum absolute atomic E-state index is 13.4. The van der Waals surface area contributed by atoms with Gasteiger partial charge in [0.2, 0.25) is 11.8 Å². The molecule has 1 atom stereocenters. The van der Waals surface area contributed by atoms with Crippen LogP contribution >= 0.6 is 0 Å². The van der Waals surface area contributed by atoms with Crippen molar-refractivity contribution in [1.29, 1.82) is 0 Å². The molecule has 1 aliphatic heterocycles. The number of amides is 3. The topological polar surface area (TPSA) is 104 Å². The van der Waals surface area contributed by atoms with Crippen LogP contribution in [0.15, 0.2) is 59.5 Å². The Kier molecular flexibility index (Phi) is 7.53. The lowest BCUT2D eigenvalue weighted by Gasteiger charge is -2.32. The quantitative estimate of drug-likeness (QED) is 0.604. The molecule has 0 radical (unpaired) electrons. The summed E-state index contributed by atoms with van der Waals surface area (Å²) < 4.78 is 26.4. The van der Waals surface area contributed by atoms with Gasteiger partial charge in [-0.05, 0) is 44.4 Å². The summed E-state index contributed by atoms with van der Waals surface area (Å²) in [5.41, 5.74) is 1.03. The highest BCUT2D eigenvalue weighted by Gasteiger charge is 2.43. The van der Waals surface area contributed by atoms with Crippen molar-refractivity contribution in [3.8, 4) is 0 Å². The molecule has 1 aliphatic rings. The maximum Gasteiger partial charge on any atom is 0.269 e. The van der Waals surface area contributed by atoms with E-state index in [-0.39, 0.29) is 29.0 Å². The second kappa shape index (κ2) is 10.2. The minimum Gasteiger partial charge on any atom is -0.352 e. The molecule has 33 heavy (non-hydrogen) atoms. The Morgan fingerprint density at radius 3 is 2.27 bits per heavy atom. The van der Waals surface area contributed by atoms with Crippen molar-refractivity contribution in [3.05, 3.63) is 65.7 Å². The van der Waals surface area contributed by atoms with E-state index in [1.165, 1.54) is 23.1 Å². The standard InChI is InChI=1S/C24H29N3O5S/c1-4-20(23(29)25-17(2)3)26(15-14-18-10-6-5-7-11-18)22(28)16-27-24(30)19-12-8-9-13-21(19)33(27,31)32/h5-13,17,20H,4,14-16H2,1-3H3,(H,25,29)/t20-/m0/s1. The van der Waals surface area contributed by atoms with E-state index in [9.17, 15) is 22.8 Å². The van der Waals surface area contributed by atoms with Gasteiger partial charge in [-0.1, -0.05) is 49.4 Å². The predicted molar refractivity (Wildman–Crippen MR) is 124 cm³/mol. The number of carbonyl (C=O) groups is 3. The van der Waals surface area contributed by atoms with Crippen LogP contribution in [0.25, 0.3) is 0 Å². The largest absolute Gasteiger partial charge is 0.352 e. The maximum atomic E-state index is 13.4. The Labute approximate surface area is 194 Å². The highest BCUT2D eigenvalue weighted by atomic mass is 32.2. The first-order valence-corrected chi connectivity index (χ1v) is 12.4. The summed E-state index contributed by atoms with van der Waals surface area (Å²) in [6.07, 6.45) is 0.832. The Morgan fingerprint density at radius 2 is 1.67 bits per heavy atom. The van der Waals surface area contributed by atoms with Crippen molar-refractivity contribution in [2.45, 2.75) is 50.6 Å². The molecule has 0 saturated carbocycles. The Hall–Kier alpha value is -3.20. The van der Waals surface area contributed by atoms with E-state index in [1.807, 2.05) is 44.2 Å². The normalized spacial score (nSPS) is 15.3. The third-order valence-electron chi connectivity index (χ3n) is 5.49. The van der Waals surface area contributed by atoms with Gasteiger partial charge in [-0.25, -0.2) is 12.7 Å². The highest BCUT2D eigenvalue weighted by Crippen LogP contribution is 2.30. The van der Waals surface area contributed by atoms with E-state index < -0.39 is 34.4 Å². The molecule has 3 amide bonds. The summed E-state index contributed by atoms with van der Waals surface area (Å²) in [5.74, 6) is -1.64. The zero-order chi connectivity index (χ0) is 24.2. The lowest BCUT2D eigenvalue weighted by molar-refractivity contribution is -0.140. The Morgan fingerprint density at radius 1 is 1.03 bits per heavy atom. The van der Waals surface area contributed by atoms with Gasteiger partial charge < -0.3 is 10.2 Å². The van der Waals surface area contributed by atoms with Crippen molar-refractivity contribution in [2.24, 2.45) is 0 Å². The van der Waals surface area contributed by atoms with Crippen LogP contribution in [0.3, 0.4) is 0 Å². The van der Waals surface area contributed by atoms with E-state index >= 15 is 0 Å². The number of hydrogen-bond donors (Lipinski definition) is 1. The molecule has 8 nitrogen and oxygen atoms in total. The first-order valence-electron chi connectivity index (χ1n) is 11.0. The fourth-order valence-corrected chi connectivity index (χ4v) is 5.40. The number of nitrogens with one attached hydrogen (secondary N) is 1. The SMILES string of the molecule is CC[C@@H](C(=O)NC(C)C)N(CCc1ccccc1)C(=O)CN1C(=O)c2ccccc2S1(=O)=O. The van der Waals surface area contributed by atoms with Gasteiger partial charge in [0, 0.05) is 12.6 Å². The third-order valence-corrected chi connectivity index (χ3v) is 7.28. The van der Waals surface area contributed by atoms with E-state index in [0.717, 1.165) is 5.56 Å². The van der Waals surface area contributed by atoms with E-state index in [1.54, 1.807) is 13.0 Å². The fourth-order valence-electron chi connectivity index (χ4n) is 3.88. The molecule has 0 bridgehead atoms. The number of rotatable bonds is 9. The van der Waals surface area contributed by atoms with Gasteiger partial charge in [-0.15, -0.1) is 0 Å². The average molecular weight is 472 g/mol. The van der Waals surface area contributed by atoms with Crippen LogP contribution < -0.4 is 5.32 Å². The summed E-state index contributed by atoms with van der Waals surface area (Å²) >= 11 is 0. The molecule has 2 aromatic carbocycles. The molecule has 3 rings (SSSR count). The zero-order valence-corrected chi connectivity index (χ0v) is 19.8. The predicted octanol–water partition coefficient (Wildman–Crippen LogP) is 2.21. The van der Waals surface area contributed by atoms with Crippen LogP contribution in [-0.4, -0.2) is 60.5 Å². The van der Waals surface area contributed by atoms with Crippen molar-refractivity contribution in [1.82, 2.24) is 14.5 Å². The lowest BCUT2D eigenvalue weighted by Crippen LogP contribution is -2.54. The molecule has 1 N–H and O–H groups in total. The highest BCUT2D eigenvalue weighted by molar-refractivity contribution is 7.90. The summed E-state index contributed by atoms with van der Waals surface area (Å²) in [6, 6.07) is 14.5. The van der Waals surface area contributed by atoms with E-state index in [4.69, 9.17) is 0 Å². The van der Waals surface area contributed by atoms with E-state index in [2.05, 4.69) is 5.32 Å². The van der Waals surface area contributed by atoms with Crippen molar-refractivity contribution < 1.29 is 22.8 Å². The second-order valence-corrected chi connectivity index (χ2v) is 10.1. The molecule has 0 aliphatic carbocycles. The van der Waals surface area contributed by atoms with Crippen LogP contribution in [0.1, 0.15) is 43.1 Å². The van der Waals surface area contributed by atoms with Gasteiger partial charge in [0.1, 0.15) is 17.5 Å². The molecule has 9 heteroatoms. The van der Waals surface area contributed by atoms with Crippen LogP contribution in [0.5, 0.6) is 0 Å². The molecule has 0 saturated heterocycles. The molecule has 2 aromatic rings. The van der Waals surface area contributed by atoms with E-state index in [0.29, 0.717) is 17.1 Å². The van der Waals surface area contributed by atoms with Crippen molar-refractivity contribution >= 4 is 27.7 Å². The number of benzene rings is 2. The first-order chi connectivity index (χ1) is 15.7. The number of sulfonamides is 1. The Balaban J connectivity index is 1.87. The molecule has 0 aromatic heterocycles. The number of carbonyl (C=O) groups excluding carboxylic acids is 3. The summed E-state index contributed by atoms with van der Waals surface area (Å²) in [7, 11) is -4.13. The van der Waals surface area contributed by atoms with Gasteiger partial charge in [0.25, 0.3) is 15.9 Å². The zero-order valence-electron chi connectivity index (χ0n) is 19.0. The fraction of sp³-hybridized carbons (Fsp3) is 0.375. The van der Waals surface area contributed by atoms with Gasteiger partial charge in [-0.3, -0.25) is 14.4 Å². The van der Waals surface area contributed by atoms with Gasteiger partial charge in [-0.2, -0.15) is 0 Å². The number of fused-ring (bicyclic) bond motifs is 1. The smallest absolute Gasteiger partial charge is 0.269 e. The number of hydrogen-bond acceptors (Lipinski definition) is 5. The van der Waals surface area contributed by atoms with Gasteiger partial charge in [0.15, 0.2) is 0 Å². The lowest BCUT2D eigenvalue weighted by atomic mass is 10.1. The first kappa shape index (κ1) is 24.4. The second-order valence-electron chi connectivity index (χ2n) is 8.22. The molecular weight excluding hydrogens is 442 g/mol. The molecule has 176 valence electrons. The summed E-state index contributed by atoms with van der Waals surface area (Å²) in [5, 5.41) is 2.83. The van der Waals surface area contributed by atoms with Crippen molar-refractivity contribution in [2.75, 3.05) is 13.1 Å². The van der Waals surface area contributed by atoms with Crippen molar-refractivity contribution in [3.63, 3.8) is 0 Å². The van der Waals surface area contributed by atoms with Gasteiger partial charge in [0.05, 0.1) is 5.56 Å². The minimum absolute atomic E-state index is 0.0470. The molecule has 0 spiro atoms. The monoisotopic (exact) mass is 471 g/mol. The van der Waals surface area contributed by atoms with Crippen LogP contribution in [0.2, 0.25) is 0 Å². The van der Waals surface area contributed by atoms with Crippen LogP contribution in [0.4, 0.5) is 0 Å². The van der Waals surface area contributed by atoms with Crippen LogP contribution in [-0.2, 0) is 26.0 Å². The molecule has 0 fully saturated rings. The minimum atomic E-state index is -4.13. The number of nitrogens with zero attached hydrogens (tertiary/aromatic N) is 2. The average Bonchev–Trinajstić information content (AvgIpc) is 2.97. The molecule has 0 unspecified atom stereocenters. The summed E-state index contributed by atoms with van der Waals surface area (Å²) in [6.45, 7) is 5.00.